The molecule has 1 fully saturated rings. The van der Waals surface area contributed by atoms with Crippen molar-refractivity contribution >= 4 is 28.4 Å². The van der Waals surface area contributed by atoms with Crippen LogP contribution in [0.15, 0.2) is 48.5 Å². The van der Waals surface area contributed by atoms with Crippen molar-refractivity contribution < 1.29 is 9.59 Å². The van der Waals surface area contributed by atoms with E-state index in [1.807, 2.05) is 32.0 Å². The molecule has 3 aromatic rings. The molecule has 0 unspecified atom stereocenters. The summed E-state index contributed by atoms with van der Waals surface area (Å²) in [5, 5.41) is 6.70. The lowest BCUT2D eigenvalue weighted by molar-refractivity contribution is 0.0950. The number of aryl methyl sites for hydroxylation is 2. The van der Waals surface area contributed by atoms with E-state index in [1.165, 1.54) is 0 Å². The van der Waals surface area contributed by atoms with Crippen LogP contribution in [0.3, 0.4) is 0 Å². The topological polar surface area (TPSA) is 71.1 Å². The number of rotatable bonds is 4. The van der Waals surface area contributed by atoms with Gasteiger partial charge in [-0.15, -0.1) is 0 Å². The lowest BCUT2D eigenvalue weighted by atomic mass is 10.0. The van der Waals surface area contributed by atoms with Crippen LogP contribution in [0.5, 0.6) is 0 Å². The molecule has 1 heterocycles. The molecule has 0 radical (unpaired) electrons. The number of hydrogen-bond donors (Lipinski definition) is 2. The Morgan fingerprint density at radius 3 is 2.41 bits per heavy atom. The summed E-state index contributed by atoms with van der Waals surface area (Å²) in [4.78, 5) is 29.4. The molecule has 5 heteroatoms. The molecule has 1 aliphatic rings. The molecule has 5 nitrogen and oxygen atoms in total. The van der Waals surface area contributed by atoms with Crippen LogP contribution in [0.1, 0.15) is 44.8 Å². The Hall–Kier alpha value is -3.21. The molecule has 4 rings (SSSR count). The summed E-state index contributed by atoms with van der Waals surface area (Å²) in [6, 6.07) is 15.0. The van der Waals surface area contributed by atoms with Crippen LogP contribution in [0.25, 0.3) is 10.9 Å². The molecule has 0 spiro atoms. The maximum Gasteiger partial charge on any atom is 0.256 e. The number of fused-ring (bicyclic) bond motifs is 1. The van der Waals surface area contributed by atoms with Gasteiger partial charge in [0.05, 0.1) is 11.1 Å². The average molecular weight is 359 g/mol. The number of carbonyl (C=O) groups excluding carboxylic acids is 2. The van der Waals surface area contributed by atoms with E-state index in [4.69, 9.17) is 0 Å². The van der Waals surface area contributed by atoms with E-state index in [-0.39, 0.29) is 11.8 Å². The van der Waals surface area contributed by atoms with Crippen molar-refractivity contribution in [3.63, 3.8) is 0 Å². The van der Waals surface area contributed by atoms with E-state index in [0.717, 1.165) is 35.0 Å². The predicted molar refractivity (Wildman–Crippen MR) is 106 cm³/mol. The number of hydrogen-bond acceptors (Lipinski definition) is 3. The number of nitrogens with zero attached hydrogens (tertiary/aromatic N) is 1. The van der Waals surface area contributed by atoms with Gasteiger partial charge in [0, 0.05) is 28.4 Å². The highest BCUT2D eigenvalue weighted by molar-refractivity contribution is 6.12. The zero-order chi connectivity index (χ0) is 19.0. The number of anilines is 1. The Morgan fingerprint density at radius 1 is 0.963 bits per heavy atom. The quantitative estimate of drug-likeness (QED) is 0.740. The van der Waals surface area contributed by atoms with Crippen LogP contribution in [-0.2, 0) is 0 Å². The standard InChI is InChI=1S/C22H21N3O2/c1-13-3-10-20-18(11-13)19(12-14(2)23-20)22(27)25-16-6-4-15(5-7-16)21(26)24-17-8-9-17/h3-7,10-12,17H,8-9H2,1-2H3,(H,24,26)(H,25,27). The normalized spacial score (nSPS) is 13.4. The zero-order valence-electron chi connectivity index (χ0n) is 15.4. The molecular weight excluding hydrogens is 338 g/mol. The van der Waals surface area contributed by atoms with E-state index in [1.54, 1.807) is 30.3 Å². The first-order chi connectivity index (χ1) is 13.0. The van der Waals surface area contributed by atoms with E-state index in [0.29, 0.717) is 22.9 Å². The van der Waals surface area contributed by atoms with E-state index in [9.17, 15) is 9.59 Å². The van der Waals surface area contributed by atoms with Crippen LogP contribution in [0.2, 0.25) is 0 Å². The van der Waals surface area contributed by atoms with Crippen LogP contribution >= 0.6 is 0 Å². The third-order valence-electron chi connectivity index (χ3n) is 4.65. The third-order valence-corrected chi connectivity index (χ3v) is 4.65. The van der Waals surface area contributed by atoms with Gasteiger partial charge in [-0.3, -0.25) is 14.6 Å². The fraction of sp³-hybridized carbons (Fsp3) is 0.227. The highest BCUT2D eigenvalue weighted by Gasteiger charge is 2.23. The molecule has 1 aromatic heterocycles. The molecule has 0 aliphatic heterocycles. The molecule has 27 heavy (non-hydrogen) atoms. The van der Waals surface area contributed by atoms with Gasteiger partial charge in [-0.2, -0.15) is 0 Å². The number of amides is 2. The van der Waals surface area contributed by atoms with Gasteiger partial charge in [0.2, 0.25) is 0 Å². The highest BCUT2D eigenvalue weighted by atomic mass is 16.2. The van der Waals surface area contributed by atoms with Gasteiger partial charge in [-0.1, -0.05) is 11.6 Å². The van der Waals surface area contributed by atoms with Gasteiger partial charge >= 0.3 is 0 Å². The molecule has 0 saturated heterocycles. The summed E-state index contributed by atoms with van der Waals surface area (Å²) < 4.78 is 0. The minimum Gasteiger partial charge on any atom is -0.349 e. The SMILES string of the molecule is Cc1ccc2nc(C)cc(C(=O)Nc3ccc(C(=O)NC4CC4)cc3)c2c1. The van der Waals surface area contributed by atoms with Crippen LogP contribution in [-0.4, -0.2) is 22.8 Å². The third kappa shape index (κ3) is 3.82. The minimum absolute atomic E-state index is 0.0680. The molecule has 2 N–H and O–H groups in total. The number of pyridine rings is 1. The first-order valence-electron chi connectivity index (χ1n) is 9.10. The number of nitrogens with one attached hydrogen (secondary N) is 2. The van der Waals surface area contributed by atoms with Gasteiger partial charge < -0.3 is 10.6 Å². The molecule has 2 amide bonds. The second-order valence-electron chi connectivity index (χ2n) is 7.11. The molecule has 1 saturated carbocycles. The van der Waals surface area contributed by atoms with E-state index >= 15 is 0 Å². The smallest absolute Gasteiger partial charge is 0.256 e. The fourth-order valence-electron chi connectivity index (χ4n) is 3.06. The Labute approximate surface area is 157 Å². The predicted octanol–water partition coefficient (Wildman–Crippen LogP) is 4.00. The summed E-state index contributed by atoms with van der Waals surface area (Å²) in [6.45, 7) is 3.87. The monoisotopic (exact) mass is 359 g/mol. The minimum atomic E-state index is -0.189. The second kappa shape index (κ2) is 6.83. The van der Waals surface area contributed by atoms with Crippen LogP contribution in [0, 0.1) is 13.8 Å². The Kier molecular flexibility index (Phi) is 4.36. The van der Waals surface area contributed by atoms with Crippen LogP contribution < -0.4 is 10.6 Å². The molecular formula is C22H21N3O2. The van der Waals surface area contributed by atoms with Crippen molar-refractivity contribution in [2.75, 3.05) is 5.32 Å². The van der Waals surface area contributed by atoms with E-state index < -0.39 is 0 Å². The zero-order valence-corrected chi connectivity index (χ0v) is 15.4. The first kappa shape index (κ1) is 17.2. The average Bonchev–Trinajstić information content (AvgIpc) is 3.46. The van der Waals surface area contributed by atoms with Gasteiger partial charge in [0.25, 0.3) is 11.8 Å². The lowest BCUT2D eigenvalue weighted by Gasteiger charge is -2.10. The Morgan fingerprint density at radius 2 is 1.70 bits per heavy atom. The van der Waals surface area contributed by atoms with Crippen molar-refractivity contribution in [3.05, 3.63) is 70.9 Å². The van der Waals surface area contributed by atoms with Crippen molar-refractivity contribution in [3.8, 4) is 0 Å². The highest BCUT2D eigenvalue weighted by Crippen LogP contribution is 2.22. The largest absolute Gasteiger partial charge is 0.349 e. The van der Waals surface area contributed by atoms with E-state index in [2.05, 4.69) is 15.6 Å². The number of carbonyl (C=O) groups is 2. The van der Waals surface area contributed by atoms with Crippen LogP contribution in [0.4, 0.5) is 5.69 Å². The summed E-state index contributed by atoms with van der Waals surface area (Å²) in [7, 11) is 0. The van der Waals surface area contributed by atoms with Crippen molar-refractivity contribution in [1.29, 1.82) is 0 Å². The molecule has 136 valence electrons. The summed E-state index contributed by atoms with van der Waals surface area (Å²) in [5.41, 5.74) is 4.52. The molecule has 0 bridgehead atoms. The Bertz CT molecular complexity index is 1040. The van der Waals surface area contributed by atoms with Gasteiger partial charge in [0.1, 0.15) is 0 Å². The maximum atomic E-state index is 12.8. The number of aromatic nitrogens is 1. The molecule has 1 aliphatic carbocycles. The molecule has 2 aromatic carbocycles. The summed E-state index contributed by atoms with van der Waals surface area (Å²) in [6.07, 6.45) is 2.11. The number of benzene rings is 2. The summed E-state index contributed by atoms with van der Waals surface area (Å²) in [5.74, 6) is -0.257. The van der Waals surface area contributed by atoms with Crippen molar-refractivity contribution in [1.82, 2.24) is 10.3 Å². The lowest BCUT2D eigenvalue weighted by Crippen LogP contribution is -2.25. The van der Waals surface area contributed by atoms with Crippen molar-refractivity contribution in [2.45, 2.75) is 32.7 Å². The summed E-state index contributed by atoms with van der Waals surface area (Å²) >= 11 is 0. The van der Waals surface area contributed by atoms with Gasteiger partial charge in [-0.05, 0) is 69.2 Å². The second-order valence-corrected chi connectivity index (χ2v) is 7.11. The van der Waals surface area contributed by atoms with Crippen molar-refractivity contribution in [2.24, 2.45) is 0 Å². The van der Waals surface area contributed by atoms with Gasteiger partial charge in [-0.25, -0.2) is 0 Å². The maximum absolute atomic E-state index is 12.8. The molecule has 0 atom stereocenters. The van der Waals surface area contributed by atoms with Gasteiger partial charge in [0.15, 0.2) is 0 Å². The first-order valence-corrected chi connectivity index (χ1v) is 9.10. The Balaban J connectivity index is 1.56. The fourth-order valence-corrected chi connectivity index (χ4v) is 3.06.